The summed E-state index contributed by atoms with van der Waals surface area (Å²) in [5, 5.41) is 16.3. The van der Waals surface area contributed by atoms with Crippen molar-refractivity contribution in [3.8, 4) is 23.3 Å². The zero-order valence-corrected chi connectivity index (χ0v) is 32.2. The molecule has 2 aromatic heterocycles. The lowest BCUT2D eigenvalue weighted by Crippen LogP contribution is -2.36. The predicted octanol–water partition coefficient (Wildman–Crippen LogP) is 7.14. The van der Waals surface area contributed by atoms with Crippen molar-refractivity contribution in [3.05, 3.63) is 101 Å². The average Bonchev–Trinajstić information content (AvgIpc) is 3.82. The summed E-state index contributed by atoms with van der Waals surface area (Å²) in [4.78, 5) is 25.7. The molecule has 1 aliphatic rings. The molecule has 3 aromatic carbocycles. The predicted molar refractivity (Wildman–Crippen MR) is 204 cm³/mol. The van der Waals surface area contributed by atoms with E-state index in [1.807, 2.05) is 69.3 Å². The highest BCUT2D eigenvalue weighted by atomic mass is 19.1. The molecule has 1 saturated heterocycles. The second-order valence-corrected chi connectivity index (χ2v) is 14.4. The number of benzene rings is 3. The van der Waals surface area contributed by atoms with Crippen LogP contribution in [0.2, 0.25) is 0 Å². The molecular formula is C41H49FN6O7. The Kier molecular flexibility index (Phi) is 12.2. The maximum atomic E-state index is 15.8. The van der Waals surface area contributed by atoms with Crippen LogP contribution in [0.1, 0.15) is 75.4 Å². The van der Waals surface area contributed by atoms with Crippen LogP contribution in [-0.4, -0.2) is 81.3 Å². The van der Waals surface area contributed by atoms with E-state index in [4.69, 9.17) is 28.7 Å². The largest absolute Gasteiger partial charge is 0.497 e. The van der Waals surface area contributed by atoms with E-state index < -0.39 is 23.6 Å². The first-order chi connectivity index (χ1) is 26.4. The molecule has 2 unspecified atom stereocenters. The summed E-state index contributed by atoms with van der Waals surface area (Å²) in [7, 11) is 3.25. The number of aromatic nitrogens is 4. The number of halogens is 1. The van der Waals surface area contributed by atoms with Crippen LogP contribution >= 0.6 is 0 Å². The van der Waals surface area contributed by atoms with E-state index in [9.17, 15) is 9.90 Å². The molecule has 0 saturated carbocycles. The number of methoxy groups -OCH3 is 2. The normalized spacial score (nSPS) is 14.8. The minimum absolute atomic E-state index is 0.0119. The Morgan fingerprint density at radius 2 is 1.62 bits per heavy atom. The smallest absolute Gasteiger partial charge is 0.410 e. The minimum Gasteiger partial charge on any atom is -0.497 e. The van der Waals surface area contributed by atoms with Gasteiger partial charge < -0.3 is 38.6 Å². The Bertz CT molecular complexity index is 2000. The van der Waals surface area contributed by atoms with Crippen LogP contribution in [-0.2, 0) is 17.8 Å². The number of carbonyl (C=O) groups is 1. The second-order valence-electron chi connectivity index (χ2n) is 14.4. The minimum atomic E-state index is -1.44. The quantitative estimate of drug-likeness (QED) is 0.109. The summed E-state index contributed by atoms with van der Waals surface area (Å²) in [5.74, 6) is 1.56. The monoisotopic (exact) mass is 756 g/mol. The number of aliphatic hydroxyl groups is 1. The molecule has 2 atom stereocenters. The molecule has 292 valence electrons. The van der Waals surface area contributed by atoms with Crippen molar-refractivity contribution in [2.45, 2.75) is 77.9 Å². The molecule has 1 N–H and O–H groups in total. The lowest BCUT2D eigenvalue weighted by Gasteiger charge is -2.25. The fraction of sp³-hybridized carbons (Fsp3) is 0.415. The van der Waals surface area contributed by atoms with Crippen LogP contribution < -0.4 is 23.8 Å². The second kappa shape index (κ2) is 17.2. The van der Waals surface area contributed by atoms with Crippen LogP contribution in [0.4, 0.5) is 15.0 Å². The molecule has 13 nitrogen and oxygen atoms in total. The number of nitrogens with zero attached hydrogens (tertiary/aromatic N) is 6. The van der Waals surface area contributed by atoms with Crippen molar-refractivity contribution in [3.63, 3.8) is 0 Å². The van der Waals surface area contributed by atoms with E-state index >= 15 is 4.39 Å². The highest BCUT2D eigenvalue weighted by molar-refractivity contribution is 5.68. The van der Waals surface area contributed by atoms with Gasteiger partial charge in [0.2, 0.25) is 0 Å². The molecule has 1 fully saturated rings. The van der Waals surface area contributed by atoms with Gasteiger partial charge in [0, 0.05) is 37.7 Å². The van der Waals surface area contributed by atoms with Gasteiger partial charge in [0.05, 0.1) is 39.3 Å². The summed E-state index contributed by atoms with van der Waals surface area (Å²) in [6.07, 6.45) is 1.56. The molecule has 0 aliphatic carbocycles. The van der Waals surface area contributed by atoms with E-state index in [2.05, 4.69) is 21.9 Å². The number of unbranched alkanes of at least 4 members (excludes halogenated alkanes) is 1. The van der Waals surface area contributed by atoms with Crippen molar-refractivity contribution in [2.75, 3.05) is 38.8 Å². The third-order valence-electron chi connectivity index (χ3n) is 9.09. The molecule has 0 bridgehead atoms. The fourth-order valence-electron chi connectivity index (χ4n) is 6.21. The molecule has 1 aliphatic heterocycles. The van der Waals surface area contributed by atoms with E-state index in [0.29, 0.717) is 50.7 Å². The van der Waals surface area contributed by atoms with Gasteiger partial charge in [0.15, 0.2) is 11.5 Å². The SMILES string of the molecule is CCCCOc1nc(N(Cc2ccc(OC)cc2)Cc2ccc(OC)cc2)c2ncc(C(O)c3ccc(OC4CCN(C(=O)OC(C)(C)C)C4)cc3F)n2n1. The van der Waals surface area contributed by atoms with Gasteiger partial charge >= 0.3 is 12.1 Å². The lowest BCUT2D eigenvalue weighted by atomic mass is 10.1. The topological polar surface area (TPSA) is 133 Å². The van der Waals surface area contributed by atoms with E-state index in [1.165, 1.54) is 22.8 Å². The van der Waals surface area contributed by atoms with Gasteiger partial charge in [-0.05, 0) is 74.7 Å². The standard InChI is InChI=1S/C41H49FN6O7/c1-7-8-21-53-39-44-38(47(24-27-9-13-29(51-5)14-10-27)25-28-11-15-30(52-6)16-12-28)37-43-23-35(48(37)45-39)36(49)33-18-17-31(22-34(33)42)54-32-19-20-46(26-32)40(50)55-41(2,3)4/h9-18,22-23,32,36,49H,7-8,19-21,24-26H2,1-6H3. The number of anilines is 1. The number of rotatable bonds is 15. The van der Waals surface area contributed by atoms with Crippen molar-refractivity contribution in [1.82, 2.24) is 24.5 Å². The van der Waals surface area contributed by atoms with Gasteiger partial charge in [-0.1, -0.05) is 37.6 Å². The summed E-state index contributed by atoms with van der Waals surface area (Å²) in [6.45, 7) is 9.56. The zero-order chi connectivity index (χ0) is 39.1. The number of carbonyl (C=O) groups excluding carboxylic acids is 1. The van der Waals surface area contributed by atoms with Gasteiger partial charge in [-0.2, -0.15) is 4.98 Å². The first kappa shape index (κ1) is 39.1. The van der Waals surface area contributed by atoms with Crippen LogP contribution in [0.3, 0.4) is 0 Å². The van der Waals surface area contributed by atoms with Gasteiger partial charge in [-0.3, -0.25) is 0 Å². The molecular weight excluding hydrogens is 707 g/mol. The maximum absolute atomic E-state index is 15.8. The Hall–Kier alpha value is -5.63. The number of likely N-dealkylation sites (tertiary alicyclic amines) is 1. The van der Waals surface area contributed by atoms with Crippen molar-refractivity contribution in [2.24, 2.45) is 0 Å². The van der Waals surface area contributed by atoms with Gasteiger partial charge in [-0.25, -0.2) is 18.7 Å². The van der Waals surface area contributed by atoms with Gasteiger partial charge in [-0.15, -0.1) is 5.10 Å². The summed E-state index contributed by atoms with van der Waals surface area (Å²) in [6, 6.07) is 20.0. The van der Waals surface area contributed by atoms with Crippen LogP contribution in [0, 0.1) is 5.82 Å². The molecule has 55 heavy (non-hydrogen) atoms. The summed E-state index contributed by atoms with van der Waals surface area (Å²) in [5.41, 5.74) is 1.97. The Balaban J connectivity index is 1.30. The molecule has 3 heterocycles. The van der Waals surface area contributed by atoms with E-state index in [-0.39, 0.29) is 29.1 Å². The third kappa shape index (κ3) is 9.73. The lowest BCUT2D eigenvalue weighted by molar-refractivity contribution is 0.0275. The number of ether oxygens (including phenoxy) is 5. The number of amides is 1. The number of fused-ring (bicyclic) bond motifs is 1. The molecule has 1 amide bonds. The average molecular weight is 757 g/mol. The van der Waals surface area contributed by atoms with Crippen LogP contribution in [0.25, 0.3) is 5.65 Å². The molecule has 0 radical (unpaired) electrons. The Morgan fingerprint density at radius 1 is 0.982 bits per heavy atom. The number of aliphatic hydroxyl groups excluding tert-OH is 1. The highest BCUT2D eigenvalue weighted by Gasteiger charge is 2.31. The van der Waals surface area contributed by atoms with Gasteiger partial charge in [0.1, 0.15) is 40.9 Å². The fourth-order valence-corrected chi connectivity index (χ4v) is 6.21. The summed E-state index contributed by atoms with van der Waals surface area (Å²) >= 11 is 0. The molecule has 5 aromatic rings. The van der Waals surface area contributed by atoms with Crippen molar-refractivity contribution in [1.29, 1.82) is 0 Å². The highest BCUT2D eigenvalue weighted by Crippen LogP contribution is 2.32. The molecule has 0 spiro atoms. The van der Waals surface area contributed by atoms with E-state index in [1.54, 1.807) is 25.2 Å². The molecule has 14 heteroatoms. The first-order valence-corrected chi connectivity index (χ1v) is 18.5. The number of imidazole rings is 1. The van der Waals surface area contributed by atoms with Crippen LogP contribution in [0.5, 0.6) is 23.3 Å². The van der Waals surface area contributed by atoms with Crippen LogP contribution in [0.15, 0.2) is 72.9 Å². The van der Waals surface area contributed by atoms with Crippen molar-refractivity contribution < 1.29 is 38.0 Å². The number of hydrogen-bond acceptors (Lipinski definition) is 11. The third-order valence-corrected chi connectivity index (χ3v) is 9.09. The maximum Gasteiger partial charge on any atom is 0.410 e. The van der Waals surface area contributed by atoms with E-state index in [0.717, 1.165) is 35.5 Å². The molecule has 6 rings (SSSR count). The first-order valence-electron chi connectivity index (χ1n) is 18.5. The Morgan fingerprint density at radius 3 is 2.20 bits per heavy atom. The Labute approximate surface area is 320 Å². The number of hydrogen-bond donors (Lipinski definition) is 1. The van der Waals surface area contributed by atoms with Gasteiger partial charge in [0.25, 0.3) is 0 Å². The zero-order valence-electron chi connectivity index (χ0n) is 32.2. The summed E-state index contributed by atoms with van der Waals surface area (Å²) < 4.78 is 45.6. The van der Waals surface area contributed by atoms with Crippen molar-refractivity contribution >= 4 is 17.6 Å².